The summed E-state index contributed by atoms with van der Waals surface area (Å²) in [6.45, 7) is 0. The van der Waals surface area contributed by atoms with E-state index >= 15 is 0 Å². The Balaban J connectivity index is 3.20. The smallest absolute Gasteiger partial charge is 0.134 e. The number of aromatic hydroxyl groups is 1. The zero-order chi connectivity index (χ0) is 9.14. The summed E-state index contributed by atoms with van der Waals surface area (Å²) in [5.41, 5.74) is 0.296. The summed E-state index contributed by atoms with van der Waals surface area (Å²) in [5, 5.41) is 17.6. The van der Waals surface area contributed by atoms with E-state index in [1.165, 1.54) is 0 Å². The quantitative estimate of drug-likeness (QED) is 0.804. The molecule has 0 aromatic heterocycles. The van der Waals surface area contributed by atoms with Crippen LogP contribution in [0.1, 0.15) is 5.56 Å². The SMILES string of the molecule is N#CCc1cc(F)cc(Br)c1O. The Morgan fingerprint density at radius 3 is 2.83 bits per heavy atom. The predicted molar refractivity (Wildman–Crippen MR) is 45.1 cm³/mol. The minimum absolute atomic E-state index is 0.00218. The normalized spacial score (nSPS) is 9.42. The fourth-order valence-electron chi connectivity index (χ4n) is 0.839. The van der Waals surface area contributed by atoms with Crippen LogP contribution in [-0.2, 0) is 6.42 Å². The molecule has 62 valence electrons. The molecule has 0 aliphatic carbocycles. The Hall–Kier alpha value is -1.08. The van der Waals surface area contributed by atoms with E-state index in [0.717, 1.165) is 12.1 Å². The molecule has 0 spiro atoms. The molecule has 1 N–H and O–H groups in total. The van der Waals surface area contributed by atoms with Gasteiger partial charge in [-0.05, 0) is 28.1 Å². The minimum atomic E-state index is -0.468. The van der Waals surface area contributed by atoms with Crippen LogP contribution >= 0.6 is 15.9 Å². The number of benzene rings is 1. The number of phenols is 1. The summed E-state index contributed by atoms with van der Waals surface area (Å²) < 4.78 is 13.0. The fourth-order valence-corrected chi connectivity index (χ4v) is 1.31. The van der Waals surface area contributed by atoms with E-state index in [2.05, 4.69) is 15.9 Å². The van der Waals surface area contributed by atoms with Gasteiger partial charge in [0.25, 0.3) is 0 Å². The highest BCUT2D eigenvalue weighted by Crippen LogP contribution is 2.28. The van der Waals surface area contributed by atoms with E-state index in [1.54, 1.807) is 0 Å². The van der Waals surface area contributed by atoms with Gasteiger partial charge in [-0.2, -0.15) is 5.26 Å². The topological polar surface area (TPSA) is 44.0 Å². The Labute approximate surface area is 77.4 Å². The van der Waals surface area contributed by atoms with Gasteiger partial charge >= 0.3 is 0 Å². The summed E-state index contributed by atoms with van der Waals surface area (Å²) in [7, 11) is 0. The minimum Gasteiger partial charge on any atom is -0.506 e. The van der Waals surface area contributed by atoms with Crippen LogP contribution in [0.4, 0.5) is 4.39 Å². The highest BCUT2D eigenvalue weighted by molar-refractivity contribution is 9.10. The molecule has 1 rings (SSSR count). The molecule has 4 heteroatoms. The van der Waals surface area contributed by atoms with Crippen molar-refractivity contribution < 1.29 is 9.50 Å². The average molecular weight is 230 g/mol. The second-order valence-corrected chi connectivity index (χ2v) is 3.08. The molecule has 0 atom stereocenters. The number of nitriles is 1. The summed E-state index contributed by atoms with van der Waals surface area (Å²) in [6, 6.07) is 4.12. The third-order valence-corrected chi connectivity index (χ3v) is 1.98. The van der Waals surface area contributed by atoms with Crippen molar-refractivity contribution in [2.75, 3.05) is 0 Å². The molecule has 0 aliphatic rings. The molecule has 0 aliphatic heterocycles. The molecule has 0 heterocycles. The summed E-state index contributed by atoms with van der Waals surface area (Å²) in [4.78, 5) is 0. The summed E-state index contributed by atoms with van der Waals surface area (Å²) in [5.74, 6) is -0.539. The van der Waals surface area contributed by atoms with Gasteiger partial charge < -0.3 is 5.11 Å². The van der Waals surface area contributed by atoms with Crippen LogP contribution in [0.2, 0.25) is 0 Å². The van der Waals surface area contributed by atoms with Crippen molar-refractivity contribution >= 4 is 15.9 Å². The van der Waals surface area contributed by atoms with E-state index in [1.807, 2.05) is 6.07 Å². The van der Waals surface area contributed by atoms with Crippen molar-refractivity contribution in [3.63, 3.8) is 0 Å². The van der Waals surface area contributed by atoms with Gasteiger partial charge in [0.05, 0.1) is 17.0 Å². The van der Waals surface area contributed by atoms with Gasteiger partial charge in [-0.25, -0.2) is 4.39 Å². The molecule has 2 nitrogen and oxygen atoms in total. The zero-order valence-electron chi connectivity index (χ0n) is 6.01. The number of hydrogen-bond donors (Lipinski definition) is 1. The van der Waals surface area contributed by atoms with Crippen molar-refractivity contribution in [2.24, 2.45) is 0 Å². The Morgan fingerprint density at radius 1 is 1.58 bits per heavy atom. The molecule has 0 bridgehead atoms. The van der Waals surface area contributed by atoms with Crippen molar-refractivity contribution in [3.8, 4) is 11.8 Å². The lowest BCUT2D eigenvalue weighted by Gasteiger charge is -2.01. The van der Waals surface area contributed by atoms with Crippen LogP contribution < -0.4 is 0 Å². The first-order valence-electron chi connectivity index (χ1n) is 3.19. The number of rotatable bonds is 1. The summed E-state index contributed by atoms with van der Waals surface area (Å²) >= 11 is 2.97. The monoisotopic (exact) mass is 229 g/mol. The van der Waals surface area contributed by atoms with Crippen LogP contribution in [0.25, 0.3) is 0 Å². The van der Waals surface area contributed by atoms with Gasteiger partial charge in [-0.1, -0.05) is 0 Å². The van der Waals surface area contributed by atoms with Gasteiger partial charge in [-0.15, -0.1) is 0 Å². The van der Waals surface area contributed by atoms with Crippen LogP contribution in [-0.4, -0.2) is 5.11 Å². The number of halogens is 2. The molecule has 0 radical (unpaired) electrons. The third-order valence-electron chi connectivity index (χ3n) is 1.38. The van der Waals surface area contributed by atoms with Gasteiger partial charge in [0.15, 0.2) is 0 Å². The maximum Gasteiger partial charge on any atom is 0.134 e. The van der Waals surface area contributed by atoms with Crippen LogP contribution in [0.3, 0.4) is 0 Å². The second-order valence-electron chi connectivity index (χ2n) is 2.23. The van der Waals surface area contributed by atoms with Crippen molar-refractivity contribution in [1.29, 1.82) is 5.26 Å². The fraction of sp³-hybridized carbons (Fsp3) is 0.125. The first-order valence-corrected chi connectivity index (χ1v) is 3.98. The first kappa shape index (κ1) is 9.01. The van der Waals surface area contributed by atoms with E-state index < -0.39 is 5.82 Å². The number of phenolic OH excluding ortho intramolecular Hbond substituents is 1. The molecule has 1 aromatic carbocycles. The standard InChI is InChI=1S/C8H5BrFNO/c9-7-4-6(10)3-5(1-2-11)8(7)12/h3-4,12H,1H2. The first-order chi connectivity index (χ1) is 5.65. The van der Waals surface area contributed by atoms with E-state index in [0.29, 0.717) is 5.56 Å². The Kier molecular flexibility index (Phi) is 2.66. The maximum atomic E-state index is 12.7. The lowest BCUT2D eigenvalue weighted by Crippen LogP contribution is -1.86. The van der Waals surface area contributed by atoms with Crippen LogP contribution in [0.5, 0.6) is 5.75 Å². The lowest BCUT2D eigenvalue weighted by atomic mass is 10.1. The number of hydrogen-bond acceptors (Lipinski definition) is 2. The van der Waals surface area contributed by atoms with E-state index in [4.69, 9.17) is 5.26 Å². The lowest BCUT2D eigenvalue weighted by molar-refractivity contribution is 0.463. The average Bonchev–Trinajstić information content (AvgIpc) is 2.00. The largest absolute Gasteiger partial charge is 0.506 e. The predicted octanol–water partition coefficient (Wildman–Crippen LogP) is 2.36. The van der Waals surface area contributed by atoms with Gasteiger partial charge in [0, 0.05) is 5.56 Å². The molecular formula is C8H5BrFNO. The molecule has 0 saturated carbocycles. The molecule has 12 heavy (non-hydrogen) atoms. The third kappa shape index (κ3) is 1.74. The van der Waals surface area contributed by atoms with Gasteiger partial charge in [-0.3, -0.25) is 0 Å². The Morgan fingerprint density at radius 2 is 2.25 bits per heavy atom. The number of nitrogens with zero attached hydrogens (tertiary/aromatic N) is 1. The highest BCUT2D eigenvalue weighted by atomic mass is 79.9. The van der Waals surface area contributed by atoms with E-state index in [9.17, 15) is 9.50 Å². The van der Waals surface area contributed by atoms with Crippen molar-refractivity contribution in [2.45, 2.75) is 6.42 Å². The van der Waals surface area contributed by atoms with Gasteiger partial charge in [0.2, 0.25) is 0 Å². The van der Waals surface area contributed by atoms with Crippen LogP contribution in [0.15, 0.2) is 16.6 Å². The summed E-state index contributed by atoms with van der Waals surface area (Å²) in [6.07, 6.45) is 0.00218. The van der Waals surface area contributed by atoms with Crippen molar-refractivity contribution in [1.82, 2.24) is 0 Å². The van der Waals surface area contributed by atoms with E-state index in [-0.39, 0.29) is 16.6 Å². The second kappa shape index (κ2) is 3.55. The molecule has 0 saturated heterocycles. The molecule has 1 aromatic rings. The van der Waals surface area contributed by atoms with Gasteiger partial charge in [0.1, 0.15) is 11.6 Å². The molecule has 0 fully saturated rings. The Bertz CT molecular complexity index is 346. The molecule has 0 amide bonds. The highest BCUT2D eigenvalue weighted by Gasteiger charge is 2.07. The van der Waals surface area contributed by atoms with Crippen molar-refractivity contribution in [3.05, 3.63) is 28.0 Å². The molecular weight excluding hydrogens is 225 g/mol. The maximum absolute atomic E-state index is 12.7. The zero-order valence-corrected chi connectivity index (χ0v) is 7.60. The molecule has 0 unspecified atom stereocenters. The van der Waals surface area contributed by atoms with Crippen LogP contribution in [0, 0.1) is 17.1 Å².